The van der Waals surface area contributed by atoms with Gasteiger partial charge in [0.2, 0.25) is 0 Å². The number of aliphatic hydroxyl groups is 1. The first kappa shape index (κ1) is 23.7. The van der Waals surface area contributed by atoms with Crippen molar-refractivity contribution in [2.75, 3.05) is 34.4 Å². The van der Waals surface area contributed by atoms with Gasteiger partial charge in [-0.25, -0.2) is 0 Å². The van der Waals surface area contributed by atoms with E-state index in [0.29, 0.717) is 23.6 Å². The molecule has 2 aromatic rings. The maximum atomic E-state index is 13.6. The molecule has 1 aliphatic heterocycles. The molecule has 1 atom stereocenters. The fourth-order valence-corrected chi connectivity index (χ4v) is 4.09. The van der Waals surface area contributed by atoms with Crippen LogP contribution in [0.5, 0.6) is 11.5 Å². The Morgan fingerprint density at radius 1 is 1.19 bits per heavy atom. The normalized spacial score (nSPS) is 15.2. The average Bonchev–Trinajstić information content (AvgIpc) is 3.28. The standard InChI is InChI=1S/C24H26ClNO6/c1-16-17(9-11-27)6-4-7-18(16)21-8-5-10-26(21)24(28)19-12-20(25)23(32-15-30-3)13-22(19)31-14-29-2/h4,6-7,12-13,21,27H,5,8,10,14-15H2,1-3H3. The van der Waals surface area contributed by atoms with Crippen LogP contribution in [0.4, 0.5) is 0 Å². The van der Waals surface area contributed by atoms with Gasteiger partial charge in [-0.05, 0) is 48.9 Å². The van der Waals surface area contributed by atoms with E-state index in [2.05, 4.69) is 5.92 Å². The molecule has 7 nitrogen and oxygen atoms in total. The van der Waals surface area contributed by atoms with Crippen LogP contribution in [0.3, 0.4) is 0 Å². The third-order valence-electron chi connectivity index (χ3n) is 5.37. The number of aliphatic hydroxyl groups excluding tert-OH is 1. The van der Waals surface area contributed by atoms with Gasteiger partial charge in [0.25, 0.3) is 5.91 Å². The van der Waals surface area contributed by atoms with Crippen molar-refractivity contribution < 1.29 is 28.8 Å². The highest BCUT2D eigenvalue weighted by molar-refractivity contribution is 6.32. The van der Waals surface area contributed by atoms with Crippen molar-refractivity contribution in [2.45, 2.75) is 25.8 Å². The Kier molecular flexibility index (Phi) is 8.23. The largest absolute Gasteiger partial charge is 0.467 e. The first-order valence-corrected chi connectivity index (χ1v) is 10.5. The van der Waals surface area contributed by atoms with Gasteiger partial charge in [0, 0.05) is 32.4 Å². The molecule has 1 amide bonds. The van der Waals surface area contributed by atoms with Crippen molar-refractivity contribution in [1.82, 2.24) is 4.90 Å². The van der Waals surface area contributed by atoms with Crippen LogP contribution in [-0.4, -0.2) is 50.3 Å². The maximum Gasteiger partial charge on any atom is 0.258 e. The highest BCUT2D eigenvalue weighted by Gasteiger charge is 2.33. The number of carbonyl (C=O) groups is 1. The Balaban J connectivity index is 1.97. The minimum Gasteiger partial charge on any atom is -0.467 e. The van der Waals surface area contributed by atoms with Crippen molar-refractivity contribution in [3.8, 4) is 23.5 Å². The topological polar surface area (TPSA) is 77.5 Å². The zero-order chi connectivity index (χ0) is 23.1. The van der Waals surface area contributed by atoms with Crippen molar-refractivity contribution in [3.05, 3.63) is 57.6 Å². The molecule has 0 spiro atoms. The summed E-state index contributed by atoms with van der Waals surface area (Å²) in [6, 6.07) is 8.72. The predicted octanol–water partition coefficient (Wildman–Crippen LogP) is 4.27. The van der Waals surface area contributed by atoms with E-state index < -0.39 is 0 Å². The maximum absolute atomic E-state index is 13.6. The number of ether oxygens (including phenoxy) is 4. The molecule has 32 heavy (non-hydrogen) atoms. The van der Waals surface area contributed by atoms with Crippen LogP contribution in [0.2, 0.25) is 5.02 Å². The summed E-state index contributed by atoms with van der Waals surface area (Å²) in [6.07, 6.45) is 3.64. The first-order chi connectivity index (χ1) is 15.5. The van der Waals surface area contributed by atoms with Crippen molar-refractivity contribution in [2.24, 2.45) is 0 Å². The molecule has 1 unspecified atom stereocenters. The number of benzene rings is 2. The second kappa shape index (κ2) is 11.1. The van der Waals surface area contributed by atoms with E-state index >= 15 is 0 Å². The van der Waals surface area contributed by atoms with Crippen molar-refractivity contribution >= 4 is 17.5 Å². The molecule has 1 saturated heterocycles. The molecule has 1 heterocycles. The first-order valence-electron chi connectivity index (χ1n) is 10.1. The number of halogens is 1. The molecule has 1 aliphatic rings. The molecular weight excluding hydrogens is 434 g/mol. The molecular formula is C24H26ClNO6. The minimum atomic E-state index is -0.197. The Bertz CT molecular complexity index is 1030. The molecule has 1 fully saturated rings. The fraction of sp³-hybridized carbons (Fsp3) is 0.375. The summed E-state index contributed by atoms with van der Waals surface area (Å²) in [5, 5.41) is 9.29. The smallest absolute Gasteiger partial charge is 0.258 e. The monoisotopic (exact) mass is 459 g/mol. The number of nitrogens with zero attached hydrogens (tertiary/aromatic N) is 1. The lowest BCUT2D eigenvalue weighted by molar-refractivity contribution is 0.0448. The quantitative estimate of drug-likeness (QED) is 0.469. The molecule has 0 saturated carbocycles. The zero-order valence-corrected chi connectivity index (χ0v) is 19.1. The van der Waals surface area contributed by atoms with Crippen LogP contribution in [-0.2, 0) is 9.47 Å². The SMILES string of the molecule is COCOc1cc(OCOC)c(C(=O)N2CCCC2c2cccc(C#CO)c2C)cc1Cl. The van der Waals surface area contributed by atoms with Crippen molar-refractivity contribution in [1.29, 1.82) is 0 Å². The van der Waals surface area contributed by atoms with Crippen LogP contribution >= 0.6 is 11.6 Å². The Morgan fingerprint density at radius 3 is 2.59 bits per heavy atom. The third-order valence-corrected chi connectivity index (χ3v) is 5.66. The van der Waals surface area contributed by atoms with Gasteiger partial charge < -0.3 is 29.0 Å². The molecule has 0 aliphatic carbocycles. The Hall–Kier alpha value is -2.92. The van der Waals surface area contributed by atoms with E-state index in [0.717, 1.165) is 29.5 Å². The Labute approximate surface area is 192 Å². The molecule has 170 valence electrons. The number of likely N-dealkylation sites (tertiary alicyclic amines) is 1. The number of hydrogen-bond acceptors (Lipinski definition) is 6. The lowest BCUT2D eigenvalue weighted by Crippen LogP contribution is -2.31. The zero-order valence-electron chi connectivity index (χ0n) is 18.3. The summed E-state index contributed by atoms with van der Waals surface area (Å²) in [6.45, 7) is 2.53. The Morgan fingerprint density at radius 2 is 1.91 bits per heavy atom. The molecule has 1 N–H and O–H groups in total. The van der Waals surface area contributed by atoms with E-state index in [9.17, 15) is 4.79 Å². The second-order valence-electron chi connectivity index (χ2n) is 7.29. The van der Waals surface area contributed by atoms with E-state index in [1.54, 1.807) is 12.1 Å². The van der Waals surface area contributed by atoms with Gasteiger partial charge in [-0.1, -0.05) is 23.7 Å². The van der Waals surface area contributed by atoms with Crippen LogP contribution in [0.1, 0.15) is 45.9 Å². The number of amides is 1. The summed E-state index contributed by atoms with van der Waals surface area (Å²) in [4.78, 5) is 15.4. The summed E-state index contributed by atoms with van der Waals surface area (Å²) in [7, 11) is 3.01. The molecule has 2 aromatic carbocycles. The van der Waals surface area contributed by atoms with Crippen molar-refractivity contribution in [3.63, 3.8) is 0 Å². The van der Waals surface area contributed by atoms with Gasteiger partial charge in [-0.2, -0.15) is 0 Å². The molecule has 0 aromatic heterocycles. The third kappa shape index (κ3) is 5.10. The van der Waals surface area contributed by atoms with Gasteiger partial charge >= 0.3 is 0 Å². The van der Waals surface area contributed by atoms with E-state index in [1.807, 2.05) is 36.1 Å². The lowest BCUT2D eigenvalue weighted by Gasteiger charge is -2.27. The fourth-order valence-electron chi connectivity index (χ4n) is 3.87. The molecule has 0 radical (unpaired) electrons. The van der Waals surface area contributed by atoms with E-state index in [-0.39, 0.29) is 30.6 Å². The van der Waals surface area contributed by atoms with Crippen LogP contribution in [0.25, 0.3) is 0 Å². The summed E-state index contributed by atoms with van der Waals surface area (Å²) < 4.78 is 21.1. The average molecular weight is 460 g/mol. The molecule has 0 bridgehead atoms. The predicted molar refractivity (Wildman–Crippen MR) is 119 cm³/mol. The number of methoxy groups -OCH3 is 2. The van der Waals surface area contributed by atoms with E-state index in [1.165, 1.54) is 14.2 Å². The summed E-state index contributed by atoms with van der Waals surface area (Å²) >= 11 is 6.38. The number of hydrogen-bond donors (Lipinski definition) is 1. The molecule has 8 heteroatoms. The van der Waals surface area contributed by atoms with Crippen LogP contribution in [0, 0.1) is 19.0 Å². The van der Waals surface area contributed by atoms with Gasteiger partial charge in [-0.3, -0.25) is 4.79 Å². The van der Waals surface area contributed by atoms with E-state index in [4.69, 9.17) is 35.7 Å². The molecule has 3 rings (SSSR count). The number of carbonyl (C=O) groups excluding carboxylic acids is 1. The lowest BCUT2D eigenvalue weighted by atomic mass is 9.95. The highest BCUT2D eigenvalue weighted by atomic mass is 35.5. The van der Waals surface area contributed by atoms with Gasteiger partial charge in [0.1, 0.15) is 17.6 Å². The number of rotatable bonds is 8. The van der Waals surface area contributed by atoms with Crippen LogP contribution < -0.4 is 9.47 Å². The second-order valence-corrected chi connectivity index (χ2v) is 7.70. The van der Waals surface area contributed by atoms with Gasteiger partial charge in [0.05, 0.1) is 16.6 Å². The van der Waals surface area contributed by atoms with Crippen LogP contribution in [0.15, 0.2) is 30.3 Å². The summed E-state index contributed by atoms with van der Waals surface area (Å²) in [5.74, 6) is 3.17. The minimum absolute atomic E-state index is 0.0112. The van der Waals surface area contributed by atoms with Gasteiger partial charge in [-0.15, -0.1) is 0 Å². The summed E-state index contributed by atoms with van der Waals surface area (Å²) in [5.41, 5.74) is 3.00. The highest BCUT2D eigenvalue weighted by Crippen LogP contribution is 2.39. The van der Waals surface area contributed by atoms with Gasteiger partial charge in [0.15, 0.2) is 13.6 Å².